The van der Waals surface area contributed by atoms with Gasteiger partial charge in [0.05, 0.1) is 20.6 Å². The van der Waals surface area contributed by atoms with Crippen LogP contribution in [0.5, 0.6) is 11.5 Å². The molecule has 1 saturated heterocycles. The Labute approximate surface area is 191 Å². The molecule has 1 aliphatic rings. The fourth-order valence-corrected chi connectivity index (χ4v) is 4.00. The maximum absolute atomic E-state index is 13.0. The van der Waals surface area contributed by atoms with E-state index in [0.717, 1.165) is 5.56 Å². The topological polar surface area (TPSA) is 71.1 Å². The number of halogens is 1. The van der Waals surface area contributed by atoms with E-state index in [4.69, 9.17) is 33.3 Å². The number of anilines is 1. The summed E-state index contributed by atoms with van der Waals surface area (Å²) in [6.07, 6.45) is -0.0224. The Morgan fingerprint density at radius 3 is 2.42 bits per heavy atom. The number of carbonyl (C=O) groups excluding carboxylic acids is 2. The van der Waals surface area contributed by atoms with Gasteiger partial charge >= 0.3 is 0 Å². The Morgan fingerprint density at radius 2 is 1.81 bits per heavy atom. The third-order valence-electron chi connectivity index (χ3n) is 5.03. The molecule has 0 aromatic heterocycles. The molecule has 7 nitrogen and oxygen atoms in total. The lowest BCUT2D eigenvalue weighted by molar-refractivity contribution is -0.130. The summed E-state index contributed by atoms with van der Waals surface area (Å²) in [6.45, 7) is 2.66. The first kappa shape index (κ1) is 22.8. The third-order valence-corrected chi connectivity index (χ3v) is 5.73. The van der Waals surface area contributed by atoms with Crippen LogP contribution in [0.25, 0.3) is 0 Å². The van der Waals surface area contributed by atoms with Crippen molar-refractivity contribution in [2.45, 2.75) is 25.9 Å². The van der Waals surface area contributed by atoms with Crippen molar-refractivity contribution in [2.75, 3.05) is 26.1 Å². The molecule has 1 heterocycles. The molecule has 0 unspecified atom stereocenters. The van der Waals surface area contributed by atoms with Gasteiger partial charge in [0.2, 0.25) is 5.91 Å². The van der Waals surface area contributed by atoms with Crippen LogP contribution in [0.4, 0.5) is 5.69 Å². The van der Waals surface area contributed by atoms with E-state index in [9.17, 15) is 9.59 Å². The van der Waals surface area contributed by atoms with Crippen molar-refractivity contribution in [3.63, 3.8) is 0 Å². The lowest BCUT2D eigenvalue weighted by Crippen LogP contribution is -2.37. The Kier molecular flexibility index (Phi) is 7.35. The molecule has 0 radical (unpaired) electrons. The highest BCUT2D eigenvalue weighted by atomic mass is 35.5. The van der Waals surface area contributed by atoms with E-state index in [1.54, 1.807) is 49.5 Å². The van der Waals surface area contributed by atoms with Gasteiger partial charge in [-0.15, -0.1) is 0 Å². The fraction of sp³-hybridized carbons (Fsp3) is 0.318. The van der Waals surface area contributed by atoms with E-state index >= 15 is 0 Å². The van der Waals surface area contributed by atoms with E-state index in [2.05, 4.69) is 5.32 Å². The minimum Gasteiger partial charge on any atom is -0.493 e. The van der Waals surface area contributed by atoms with Crippen molar-refractivity contribution in [3.05, 3.63) is 53.1 Å². The van der Waals surface area contributed by atoms with Crippen LogP contribution in [0.3, 0.4) is 0 Å². The predicted molar refractivity (Wildman–Crippen MR) is 124 cm³/mol. The van der Waals surface area contributed by atoms with Gasteiger partial charge in [-0.1, -0.05) is 17.7 Å². The molecule has 9 heteroatoms. The van der Waals surface area contributed by atoms with Crippen LogP contribution in [-0.2, 0) is 16.1 Å². The maximum Gasteiger partial charge on any atom is 0.252 e. The first-order valence-corrected chi connectivity index (χ1v) is 10.5. The Morgan fingerprint density at radius 1 is 1.13 bits per heavy atom. The normalized spacial score (nSPS) is 15.9. The van der Waals surface area contributed by atoms with Crippen LogP contribution in [0.15, 0.2) is 42.5 Å². The van der Waals surface area contributed by atoms with Gasteiger partial charge in [-0.25, -0.2) is 0 Å². The van der Waals surface area contributed by atoms with Crippen LogP contribution >= 0.6 is 23.8 Å². The number of thiocarbonyl (C=S) groups is 1. The number of nitrogens with zero attached hydrogens (tertiary/aromatic N) is 2. The number of likely N-dealkylation sites (N-methyl/N-ethyl adjacent to an activating group) is 1. The van der Waals surface area contributed by atoms with Crippen molar-refractivity contribution in [1.82, 2.24) is 9.80 Å². The summed E-state index contributed by atoms with van der Waals surface area (Å²) < 4.78 is 10.7. The first-order valence-electron chi connectivity index (χ1n) is 9.76. The molecule has 2 aromatic rings. The maximum atomic E-state index is 13.0. The summed E-state index contributed by atoms with van der Waals surface area (Å²) in [7, 11) is 3.13. The van der Waals surface area contributed by atoms with Gasteiger partial charge in [-0.05, 0) is 61.1 Å². The average molecular weight is 462 g/mol. The number of methoxy groups -OCH3 is 2. The zero-order chi connectivity index (χ0) is 22.5. The molecule has 0 saturated carbocycles. The molecule has 1 atom stereocenters. The summed E-state index contributed by atoms with van der Waals surface area (Å²) in [4.78, 5) is 28.9. The summed E-state index contributed by atoms with van der Waals surface area (Å²) in [5, 5.41) is 3.79. The molecule has 0 spiro atoms. The van der Waals surface area contributed by atoms with E-state index in [-0.39, 0.29) is 18.2 Å². The van der Waals surface area contributed by atoms with E-state index in [1.165, 1.54) is 4.90 Å². The smallest absolute Gasteiger partial charge is 0.252 e. The molecule has 164 valence electrons. The summed E-state index contributed by atoms with van der Waals surface area (Å²) in [5.74, 6) is 0.735. The van der Waals surface area contributed by atoms with Gasteiger partial charge in [0.15, 0.2) is 16.6 Å². The number of hydrogen-bond acceptors (Lipinski definition) is 5. The van der Waals surface area contributed by atoms with Gasteiger partial charge in [-0.2, -0.15) is 0 Å². The molecular formula is C22H24ClN3O4S. The Hall–Kier alpha value is -2.84. The SMILES string of the molecule is CCN1C(=O)[C@@H](CC(=O)Nc2ccc(Cl)cc2)N(Cc2ccc(OC)c(OC)c2)C1=S. The zero-order valence-corrected chi connectivity index (χ0v) is 19.1. The van der Waals surface area contributed by atoms with Crippen molar-refractivity contribution in [1.29, 1.82) is 0 Å². The quantitative estimate of drug-likeness (QED) is 0.604. The van der Waals surface area contributed by atoms with Crippen LogP contribution in [0.1, 0.15) is 18.9 Å². The minimum atomic E-state index is -0.687. The molecule has 0 aliphatic carbocycles. The van der Waals surface area contributed by atoms with Gasteiger partial charge in [-0.3, -0.25) is 14.5 Å². The fourth-order valence-electron chi connectivity index (χ4n) is 3.46. The third kappa shape index (κ3) is 5.08. The Balaban J connectivity index is 1.79. The van der Waals surface area contributed by atoms with E-state index in [0.29, 0.717) is 40.4 Å². The molecule has 2 aromatic carbocycles. The van der Waals surface area contributed by atoms with Gasteiger partial charge in [0.25, 0.3) is 5.91 Å². The molecule has 0 bridgehead atoms. The van der Waals surface area contributed by atoms with Gasteiger partial charge < -0.3 is 19.7 Å². The molecule has 3 rings (SSSR count). The lowest BCUT2D eigenvalue weighted by Gasteiger charge is -2.24. The number of carbonyl (C=O) groups is 2. The molecule has 2 amide bonds. The number of amides is 2. The van der Waals surface area contributed by atoms with Gasteiger partial charge in [0.1, 0.15) is 6.04 Å². The second-order valence-electron chi connectivity index (χ2n) is 6.96. The minimum absolute atomic E-state index is 0.0224. The summed E-state index contributed by atoms with van der Waals surface area (Å²) in [5.41, 5.74) is 1.50. The number of nitrogens with one attached hydrogen (secondary N) is 1. The number of rotatable bonds is 8. The van der Waals surface area contributed by atoms with Crippen LogP contribution < -0.4 is 14.8 Å². The van der Waals surface area contributed by atoms with Crippen molar-refractivity contribution in [2.24, 2.45) is 0 Å². The zero-order valence-electron chi connectivity index (χ0n) is 17.6. The monoisotopic (exact) mass is 461 g/mol. The number of benzene rings is 2. The van der Waals surface area contributed by atoms with E-state index < -0.39 is 6.04 Å². The molecule has 1 N–H and O–H groups in total. The molecule has 1 aliphatic heterocycles. The molecular weight excluding hydrogens is 438 g/mol. The van der Waals surface area contributed by atoms with Crippen molar-refractivity contribution in [3.8, 4) is 11.5 Å². The predicted octanol–water partition coefficient (Wildman–Crippen LogP) is 3.70. The number of hydrogen-bond donors (Lipinski definition) is 1. The van der Waals surface area contributed by atoms with Crippen LogP contribution in [-0.4, -0.2) is 53.5 Å². The largest absolute Gasteiger partial charge is 0.493 e. The Bertz CT molecular complexity index is 983. The van der Waals surface area contributed by atoms with Crippen LogP contribution in [0, 0.1) is 0 Å². The molecule has 1 fully saturated rings. The van der Waals surface area contributed by atoms with Crippen molar-refractivity contribution < 1.29 is 19.1 Å². The highest BCUT2D eigenvalue weighted by molar-refractivity contribution is 7.80. The average Bonchev–Trinajstić information content (AvgIpc) is 2.98. The highest BCUT2D eigenvalue weighted by Gasteiger charge is 2.42. The van der Waals surface area contributed by atoms with E-state index in [1.807, 2.05) is 19.1 Å². The van der Waals surface area contributed by atoms with Gasteiger partial charge in [0, 0.05) is 23.8 Å². The summed E-state index contributed by atoms with van der Waals surface area (Å²) in [6, 6.07) is 11.6. The molecule has 31 heavy (non-hydrogen) atoms. The lowest BCUT2D eigenvalue weighted by atomic mass is 10.1. The van der Waals surface area contributed by atoms with Crippen LogP contribution in [0.2, 0.25) is 5.02 Å². The second kappa shape index (κ2) is 9.98. The summed E-state index contributed by atoms with van der Waals surface area (Å²) >= 11 is 11.4. The first-order chi connectivity index (χ1) is 14.9. The highest BCUT2D eigenvalue weighted by Crippen LogP contribution is 2.30. The second-order valence-corrected chi connectivity index (χ2v) is 7.76. The van der Waals surface area contributed by atoms with Crippen molar-refractivity contribution >= 4 is 46.4 Å². The standard InChI is InChI=1S/C22H24ClN3O4S/c1-4-25-21(28)17(12-20(27)24-16-8-6-15(23)7-9-16)26(22(25)31)13-14-5-10-18(29-2)19(11-14)30-3/h5-11,17H,4,12-13H2,1-3H3,(H,24,27)/t17-/m1/s1. The number of ether oxygens (including phenoxy) is 2.